The molecule has 128 valence electrons. The molecule has 24 heavy (non-hydrogen) atoms. The van der Waals surface area contributed by atoms with E-state index in [4.69, 9.17) is 4.74 Å². The second-order valence-electron chi connectivity index (χ2n) is 5.96. The zero-order chi connectivity index (χ0) is 16.5. The Bertz CT molecular complexity index is 714. The summed E-state index contributed by atoms with van der Waals surface area (Å²) in [6.45, 7) is 4.15. The minimum absolute atomic E-state index is 0.0784. The summed E-state index contributed by atoms with van der Waals surface area (Å²) in [6.07, 6.45) is 0. The molecule has 1 atom stereocenters. The summed E-state index contributed by atoms with van der Waals surface area (Å²) in [5, 5.41) is 5.24. The molecule has 2 amide bonds. The number of hydrogen-bond donors (Lipinski definition) is 1. The molecule has 2 aromatic rings. The molecule has 0 bridgehead atoms. The van der Waals surface area contributed by atoms with Crippen molar-refractivity contribution < 1.29 is 14.3 Å². The summed E-state index contributed by atoms with van der Waals surface area (Å²) in [4.78, 5) is 29.6. The molecule has 6 nitrogen and oxygen atoms in total. The number of fused-ring (bicyclic) bond motifs is 1. The average Bonchev–Trinajstić information content (AvgIpc) is 3.23. The van der Waals surface area contributed by atoms with Crippen LogP contribution in [-0.4, -0.2) is 73.6 Å². The Labute approximate surface area is 148 Å². The van der Waals surface area contributed by atoms with Gasteiger partial charge in [-0.1, -0.05) is 0 Å². The van der Waals surface area contributed by atoms with Gasteiger partial charge in [-0.25, -0.2) is 0 Å². The minimum atomic E-state index is -0.245. The number of morpholine rings is 1. The number of nitrogens with zero attached hydrogens (tertiary/aromatic N) is 2. The van der Waals surface area contributed by atoms with Crippen molar-refractivity contribution in [2.75, 3.05) is 45.9 Å². The Morgan fingerprint density at radius 2 is 1.96 bits per heavy atom. The van der Waals surface area contributed by atoms with Crippen LogP contribution in [0.5, 0.6) is 0 Å². The topological polar surface area (TPSA) is 61.9 Å². The third kappa shape index (κ3) is 3.06. The molecule has 2 aliphatic heterocycles. The van der Waals surface area contributed by atoms with E-state index in [2.05, 4.69) is 11.4 Å². The number of hydrogen-bond acceptors (Lipinski definition) is 6. The van der Waals surface area contributed by atoms with Gasteiger partial charge in [0.1, 0.15) is 6.04 Å². The molecule has 1 N–H and O–H groups in total. The van der Waals surface area contributed by atoms with Crippen LogP contribution in [0.25, 0.3) is 9.40 Å². The summed E-state index contributed by atoms with van der Waals surface area (Å²) >= 11 is 3.21. The zero-order valence-electron chi connectivity index (χ0n) is 13.2. The molecule has 8 heteroatoms. The number of nitrogens with one attached hydrogen (secondary N) is 1. The maximum Gasteiger partial charge on any atom is 0.264 e. The molecule has 2 aromatic heterocycles. The predicted octanol–water partition coefficient (Wildman–Crippen LogP) is 1.24. The van der Waals surface area contributed by atoms with Crippen molar-refractivity contribution in [2.45, 2.75) is 6.04 Å². The van der Waals surface area contributed by atoms with Gasteiger partial charge < -0.3 is 19.9 Å². The molecular formula is C16H19N3O3S2. The molecule has 4 heterocycles. The van der Waals surface area contributed by atoms with E-state index in [1.165, 1.54) is 9.40 Å². The second-order valence-corrected chi connectivity index (χ2v) is 7.99. The molecule has 0 aromatic carbocycles. The lowest BCUT2D eigenvalue weighted by atomic mass is 10.2. The maximum atomic E-state index is 12.7. The van der Waals surface area contributed by atoms with Crippen LogP contribution in [0, 0.1) is 0 Å². The van der Waals surface area contributed by atoms with Crippen molar-refractivity contribution in [2.24, 2.45) is 0 Å². The SMILES string of the molecule is O=C(c1cc2sccc2s1)N1CCN(C(=O)C2COCCN2)CC1. The fourth-order valence-electron chi connectivity index (χ4n) is 3.10. The van der Waals surface area contributed by atoms with E-state index in [1.807, 2.05) is 21.2 Å². The fraction of sp³-hybridized carbons (Fsp3) is 0.500. The Kier molecular flexibility index (Phi) is 4.53. The van der Waals surface area contributed by atoms with Crippen LogP contribution in [0.3, 0.4) is 0 Å². The number of rotatable bonds is 2. The normalized spacial score (nSPS) is 22.1. The van der Waals surface area contributed by atoms with Crippen LogP contribution in [0.2, 0.25) is 0 Å². The van der Waals surface area contributed by atoms with Gasteiger partial charge in [0.2, 0.25) is 5.91 Å². The number of ether oxygens (including phenoxy) is 1. The first-order valence-electron chi connectivity index (χ1n) is 8.08. The van der Waals surface area contributed by atoms with Gasteiger partial charge in [0.05, 0.1) is 18.1 Å². The summed E-state index contributed by atoms with van der Waals surface area (Å²) < 4.78 is 7.69. The van der Waals surface area contributed by atoms with Crippen molar-refractivity contribution >= 4 is 43.9 Å². The van der Waals surface area contributed by atoms with Gasteiger partial charge in [-0.05, 0) is 17.5 Å². The van der Waals surface area contributed by atoms with Crippen LogP contribution in [0.1, 0.15) is 9.67 Å². The number of thiophene rings is 2. The molecule has 0 spiro atoms. The van der Waals surface area contributed by atoms with Crippen LogP contribution in [-0.2, 0) is 9.53 Å². The van der Waals surface area contributed by atoms with Gasteiger partial charge >= 0.3 is 0 Å². The van der Waals surface area contributed by atoms with Gasteiger partial charge in [-0.3, -0.25) is 9.59 Å². The lowest BCUT2D eigenvalue weighted by molar-refractivity contribution is -0.137. The Morgan fingerprint density at radius 3 is 2.67 bits per heavy atom. The van der Waals surface area contributed by atoms with Crippen LogP contribution >= 0.6 is 22.7 Å². The maximum absolute atomic E-state index is 12.7. The summed E-state index contributed by atoms with van der Waals surface area (Å²) in [5.74, 6) is 0.160. The van der Waals surface area contributed by atoms with E-state index in [1.54, 1.807) is 22.7 Å². The monoisotopic (exact) mass is 365 g/mol. The highest BCUT2D eigenvalue weighted by atomic mass is 32.1. The lowest BCUT2D eigenvalue weighted by Crippen LogP contribution is -2.57. The summed E-state index contributed by atoms with van der Waals surface area (Å²) in [6, 6.07) is 3.79. The lowest BCUT2D eigenvalue weighted by Gasteiger charge is -2.37. The van der Waals surface area contributed by atoms with Gasteiger partial charge in [0.15, 0.2) is 0 Å². The van der Waals surface area contributed by atoms with E-state index in [0.29, 0.717) is 45.9 Å². The first kappa shape index (κ1) is 16.0. The highest BCUT2D eigenvalue weighted by Crippen LogP contribution is 2.30. The third-order valence-electron chi connectivity index (χ3n) is 4.45. The van der Waals surface area contributed by atoms with Gasteiger partial charge in [0, 0.05) is 42.1 Å². The molecule has 2 saturated heterocycles. The molecule has 2 fully saturated rings. The number of carbonyl (C=O) groups excluding carboxylic acids is 2. The Morgan fingerprint density at radius 1 is 1.17 bits per heavy atom. The minimum Gasteiger partial charge on any atom is -0.378 e. The van der Waals surface area contributed by atoms with Crippen molar-refractivity contribution in [1.82, 2.24) is 15.1 Å². The molecular weight excluding hydrogens is 346 g/mol. The smallest absolute Gasteiger partial charge is 0.264 e. The van der Waals surface area contributed by atoms with Crippen molar-refractivity contribution in [1.29, 1.82) is 0 Å². The van der Waals surface area contributed by atoms with E-state index >= 15 is 0 Å². The van der Waals surface area contributed by atoms with E-state index in [0.717, 1.165) is 4.88 Å². The van der Waals surface area contributed by atoms with E-state index < -0.39 is 0 Å². The van der Waals surface area contributed by atoms with Crippen LogP contribution < -0.4 is 5.32 Å². The number of carbonyl (C=O) groups is 2. The average molecular weight is 365 g/mol. The van der Waals surface area contributed by atoms with Gasteiger partial charge in [-0.15, -0.1) is 22.7 Å². The van der Waals surface area contributed by atoms with Crippen LogP contribution in [0.4, 0.5) is 0 Å². The third-order valence-corrected chi connectivity index (χ3v) is 6.53. The van der Waals surface area contributed by atoms with Crippen molar-refractivity contribution in [3.63, 3.8) is 0 Å². The quantitative estimate of drug-likeness (QED) is 0.870. The number of amides is 2. The van der Waals surface area contributed by atoms with Gasteiger partial charge in [0.25, 0.3) is 5.91 Å². The molecule has 0 radical (unpaired) electrons. The highest BCUT2D eigenvalue weighted by molar-refractivity contribution is 7.27. The molecule has 2 aliphatic rings. The standard InChI is InChI=1S/C16H19N3O3S2/c20-15(11-10-22-7-2-17-11)18-3-5-19(6-4-18)16(21)14-9-13-12(24-14)1-8-23-13/h1,8-9,11,17H,2-7,10H2. The van der Waals surface area contributed by atoms with E-state index in [-0.39, 0.29) is 17.9 Å². The van der Waals surface area contributed by atoms with Crippen LogP contribution in [0.15, 0.2) is 17.5 Å². The summed E-state index contributed by atoms with van der Waals surface area (Å²) in [5.41, 5.74) is 0. The predicted molar refractivity (Wildman–Crippen MR) is 94.8 cm³/mol. The largest absolute Gasteiger partial charge is 0.378 e. The van der Waals surface area contributed by atoms with Gasteiger partial charge in [-0.2, -0.15) is 0 Å². The Balaban J connectivity index is 1.36. The molecule has 1 unspecified atom stereocenters. The Hall–Kier alpha value is -1.48. The highest BCUT2D eigenvalue weighted by Gasteiger charge is 2.30. The summed E-state index contributed by atoms with van der Waals surface area (Å²) in [7, 11) is 0. The molecule has 0 aliphatic carbocycles. The second kappa shape index (κ2) is 6.79. The molecule has 0 saturated carbocycles. The fourth-order valence-corrected chi connectivity index (χ4v) is 5.18. The van der Waals surface area contributed by atoms with Crippen molar-refractivity contribution in [3.05, 3.63) is 22.4 Å². The van der Waals surface area contributed by atoms with E-state index in [9.17, 15) is 9.59 Å². The zero-order valence-corrected chi connectivity index (χ0v) is 14.8. The first-order chi connectivity index (χ1) is 11.7. The number of piperazine rings is 1. The first-order valence-corrected chi connectivity index (χ1v) is 9.78. The molecule has 4 rings (SSSR count). The van der Waals surface area contributed by atoms with Crippen molar-refractivity contribution in [3.8, 4) is 0 Å².